The molecule has 2 heteroatoms. The Hall–Kier alpha value is -1.83. The van der Waals surface area contributed by atoms with Crippen LogP contribution in [0.5, 0.6) is 0 Å². The van der Waals surface area contributed by atoms with E-state index in [4.69, 9.17) is 11.6 Å². The lowest BCUT2D eigenvalue weighted by Gasteiger charge is -2.01. The van der Waals surface area contributed by atoms with E-state index in [0.717, 1.165) is 5.02 Å². The third kappa shape index (κ3) is 1.82. The monoisotopic (exact) mass is 294 g/mol. The van der Waals surface area contributed by atoms with Crippen LogP contribution in [0.2, 0.25) is 5.02 Å². The van der Waals surface area contributed by atoms with Crippen LogP contribution in [-0.2, 0) is 0 Å². The summed E-state index contributed by atoms with van der Waals surface area (Å²) < 4.78 is 2.46. The largest absolute Gasteiger partial charge is 0.134 e. The summed E-state index contributed by atoms with van der Waals surface area (Å²) in [6, 6.07) is 23.2. The van der Waals surface area contributed by atoms with Crippen molar-refractivity contribution in [2.75, 3.05) is 0 Å². The predicted octanol–water partition coefficient (Wildman–Crippen LogP) is 6.37. The minimum Gasteiger partial charge on any atom is -0.134 e. The molecule has 3 aromatic carbocycles. The molecular weight excluding hydrogens is 284 g/mol. The first-order valence-corrected chi connectivity index (χ1v) is 7.68. The lowest BCUT2D eigenvalue weighted by Crippen LogP contribution is -1.76. The minimum absolute atomic E-state index is 0.838. The Labute approximate surface area is 126 Å². The maximum absolute atomic E-state index is 6.30. The summed E-state index contributed by atoms with van der Waals surface area (Å²) in [7, 11) is 0. The summed E-state index contributed by atoms with van der Waals surface area (Å²) in [6.45, 7) is 0. The van der Waals surface area contributed by atoms with Crippen molar-refractivity contribution in [2.45, 2.75) is 0 Å². The molecule has 0 saturated heterocycles. The molecule has 0 aliphatic heterocycles. The molecule has 1 heterocycles. The van der Waals surface area contributed by atoms with E-state index in [1.54, 1.807) is 11.3 Å². The van der Waals surface area contributed by atoms with Gasteiger partial charge < -0.3 is 0 Å². The van der Waals surface area contributed by atoms with Gasteiger partial charge in [-0.2, -0.15) is 0 Å². The van der Waals surface area contributed by atoms with Gasteiger partial charge in [-0.25, -0.2) is 0 Å². The van der Waals surface area contributed by atoms with Crippen LogP contribution < -0.4 is 0 Å². The first-order valence-electron chi connectivity index (χ1n) is 6.49. The second-order valence-corrected chi connectivity index (χ2v) is 6.25. The Morgan fingerprint density at radius 2 is 1.55 bits per heavy atom. The SMILES string of the molecule is Clc1cccc2c1sc1ccc(-c3ccccc3)cc12. The van der Waals surface area contributed by atoms with Crippen LogP contribution in [0.25, 0.3) is 31.3 Å². The van der Waals surface area contributed by atoms with Gasteiger partial charge in [-0.3, -0.25) is 0 Å². The zero-order valence-corrected chi connectivity index (χ0v) is 12.2. The van der Waals surface area contributed by atoms with Crippen molar-refractivity contribution in [2.24, 2.45) is 0 Å². The van der Waals surface area contributed by atoms with Gasteiger partial charge in [0.2, 0.25) is 0 Å². The highest BCUT2D eigenvalue weighted by molar-refractivity contribution is 7.26. The Balaban J connectivity index is 2.04. The van der Waals surface area contributed by atoms with Gasteiger partial charge in [0.05, 0.1) is 9.72 Å². The van der Waals surface area contributed by atoms with E-state index in [2.05, 4.69) is 48.5 Å². The molecule has 4 rings (SSSR count). The highest BCUT2D eigenvalue weighted by Crippen LogP contribution is 2.39. The summed E-state index contributed by atoms with van der Waals surface area (Å²) in [4.78, 5) is 0. The average molecular weight is 295 g/mol. The number of thiophene rings is 1. The summed E-state index contributed by atoms with van der Waals surface area (Å²) in [5.41, 5.74) is 2.49. The van der Waals surface area contributed by atoms with Gasteiger partial charge in [-0.15, -0.1) is 11.3 Å². The van der Waals surface area contributed by atoms with Gasteiger partial charge in [0.25, 0.3) is 0 Å². The Bertz CT molecular complexity index is 907. The Kier molecular flexibility index (Phi) is 2.76. The van der Waals surface area contributed by atoms with Gasteiger partial charge in [-0.05, 0) is 29.3 Å². The van der Waals surface area contributed by atoms with Crippen molar-refractivity contribution in [1.29, 1.82) is 0 Å². The normalized spacial score (nSPS) is 11.2. The molecule has 0 nitrogen and oxygen atoms in total. The lowest BCUT2D eigenvalue weighted by atomic mass is 10.0. The van der Waals surface area contributed by atoms with Crippen molar-refractivity contribution in [3.8, 4) is 11.1 Å². The van der Waals surface area contributed by atoms with Crippen LogP contribution in [0.3, 0.4) is 0 Å². The first-order chi connectivity index (χ1) is 9.83. The molecule has 0 aliphatic carbocycles. The number of hydrogen-bond acceptors (Lipinski definition) is 1. The molecular formula is C18H11ClS. The summed E-state index contributed by atoms with van der Waals surface area (Å²) >= 11 is 8.06. The first kappa shape index (κ1) is 12.0. The molecule has 1 aromatic heterocycles. The van der Waals surface area contributed by atoms with Gasteiger partial charge in [-0.1, -0.05) is 60.1 Å². The number of rotatable bonds is 1. The molecule has 20 heavy (non-hydrogen) atoms. The molecule has 0 spiro atoms. The van der Waals surface area contributed by atoms with Crippen LogP contribution in [0.4, 0.5) is 0 Å². The van der Waals surface area contributed by atoms with Crippen LogP contribution in [-0.4, -0.2) is 0 Å². The van der Waals surface area contributed by atoms with E-state index in [-0.39, 0.29) is 0 Å². The van der Waals surface area contributed by atoms with Crippen LogP contribution in [0, 0.1) is 0 Å². The molecule has 0 aliphatic rings. The molecule has 4 aromatic rings. The van der Waals surface area contributed by atoms with Crippen molar-refractivity contribution in [3.63, 3.8) is 0 Å². The smallest absolute Gasteiger partial charge is 0.0584 e. The van der Waals surface area contributed by atoms with E-state index < -0.39 is 0 Å². The third-order valence-corrected chi connectivity index (χ3v) is 5.20. The average Bonchev–Trinajstić information content (AvgIpc) is 2.88. The fourth-order valence-corrected chi connectivity index (χ4v) is 3.95. The Morgan fingerprint density at radius 3 is 2.40 bits per heavy atom. The molecule has 0 bridgehead atoms. The molecule has 0 radical (unpaired) electrons. The van der Waals surface area contributed by atoms with E-state index in [9.17, 15) is 0 Å². The molecule has 96 valence electrons. The maximum Gasteiger partial charge on any atom is 0.0584 e. The van der Waals surface area contributed by atoms with Gasteiger partial charge in [0.15, 0.2) is 0 Å². The molecule has 0 N–H and O–H groups in total. The lowest BCUT2D eigenvalue weighted by molar-refractivity contribution is 1.66. The molecule has 0 unspecified atom stereocenters. The molecule has 0 atom stereocenters. The van der Waals surface area contributed by atoms with Gasteiger partial charge in [0, 0.05) is 15.5 Å². The number of fused-ring (bicyclic) bond motifs is 3. The van der Waals surface area contributed by atoms with E-state index in [1.165, 1.54) is 31.3 Å². The number of halogens is 1. The molecule has 0 amide bonds. The number of hydrogen-bond donors (Lipinski definition) is 0. The second kappa shape index (κ2) is 4.62. The van der Waals surface area contributed by atoms with E-state index in [1.807, 2.05) is 18.2 Å². The maximum atomic E-state index is 6.30. The zero-order chi connectivity index (χ0) is 13.5. The fraction of sp³-hybridized carbons (Fsp3) is 0. The summed E-state index contributed by atoms with van der Waals surface area (Å²) in [6.07, 6.45) is 0. The van der Waals surface area contributed by atoms with E-state index in [0.29, 0.717) is 0 Å². The molecule has 0 saturated carbocycles. The predicted molar refractivity (Wildman–Crippen MR) is 89.8 cm³/mol. The van der Waals surface area contributed by atoms with E-state index >= 15 is 0 Å². The summed E-state index contributed by atoms with van der Waals surface area (Å²) in [5.74, 6) is 0. The fourth-order valence-electron chi connectivity index (χ4n) is 2.57. The minimum atomic E-state index is 0.838. The second-order valence-electron chi connectivity index (χ2n) is 4.80. The van der Waals surface area contributed by atoms with Crippen molar-refractivity contribution >= 4 is 43.1 Å². The van der Waals surface area contributed by atoms with Crippen LogP contribution >= 0.6 is 22.9 Å². The highest BCUT2D eigenvalue weighted by atomic mass is 35.5. The zero-order valence-electron chi connectivity index (χ0n) is 10.6. The van der Waals surface area contributed by atoms with Crippen molar-refractivity contribution in [3.05, 3.63) is 71.8 Å². The van der Waals surface area contributed by atoms with Crippen LogP contribution in [0.1, 0.15) is 0 Å². The number of benzene rings is 3. The standard InChI is InChI=1S/C18H11ClS/c19-16-8-4-7-14-15-11-13(12-5-2-1-3-6-12)9-10-17(15)20-18(14)16/h1-11H. The van der Waals surface area contributed by atoms with Crippen LogP contribution in [0.15, 0.2) is 66.7 Å². The third-order valence-electron chi connectivity index (χ3n) is 3.56. The van der Waals surface area contributed by atoms with Crippen molar-refractivity contribution < 1.29 is 0 Å². The van der Waals surface area contributed by atoms with Gasteiger partial charge in [0.1, 0.15) is 0 Å². The van der Waals surface area contributed by atoms with Gasteiger partial charge >= 0.3 is 0 Å². The summed E-state index contributed by atoms with van der Waals surface area (Å²) in [5, 5.41) is 3.37. The topological polar surface area (TPSA) is 0 Å². The Morgan fingerprint density at radius 1 is 0.700 bits per heavy atom. The highest BCUT2D eigenvalue weighted by Gasteiger charge is 2.08. The molecule has 0 fully saturated rings. The quantitative estimate of drug-likeness (QED) is 0.382. The van der Waals surface area contributed by atoms with Crippen molar-refractivity contribution in [1.82, 2.24) is 0 Å².